The van der Waals surface area contributed by atoms with Crippen molar-refractivity contribution in [1.82, 2.24) is 5.32 Å². The van der Waals surface area contributed by atoms with Gasteiger partial charge in [0.15, 0.2) is 0 Å². The topological polar surface area (TPSA) is 50.7 Å². The van der Waals surface area contributed by atoms with Crippen LogP contribution >= 0.6 is 0 Å². The molecule has 0 aliphatic carbocycles. The van der Waals surface area contributed by atoms with Crippen LogP contribution in [0.5, 0.6) is 11.5 Å². The standard InChI is InChI=1S/C22H27NO3/c1-22(2,3)23-15-19(24)16-26-21-8-6-5-7-18(21)12-9-17-10-13-20(25-4)14-11-17/h5-8,10-11,13-14,19,23-24H,15-16H2,1-4H3. The van der Waals surface area contributed by atoms with Crippen molar-refractivity contribution in [3.8, 4) is 23.3 Å². The predicted molar refractivity (Wildman–Crippen MR) is 105 cm³/mol. The summed E-state index contributed by atoms with van der Waals surface area (Å²) < 4.78 is 10.9. The van der Waals surface area contributed by atoms with Gasteiger partial charge in [0.25, 0.3) is 0 Å². The Labute approximate surface area is 156 Å². The Kier molecular flexibility index (Phi) is 7.08. The zero-order valence-electron chi connectivity index (χ0n) is 15.9. The van der Waals surface area contributed by atoms with Crippen LogP contribution in [0.2, 0.25) is 0 Å². The fraction of sp³-hybridized carbons (Fsp3) is 0.364. The highest BCUT2D eigenvalue weighted by Gasteiger charge is 2.13. The molecule has 0 saturated heterocycles. The average Bonchev–Trinajstić information content (AvgIpc) is 2.63. The molecular formula is C22H27NO3. The molecule has 0 aromatic heterocycles. The number of methoxy groups -OCH3 is 1. The molecule has 0 amide bonds. The van der Waals surface area contributed by atoms with E-state index in [9.17, 15) is 5.11 Å². The highest BCUT2D eigenvalue weighted by Crippen LogP contribution is 2.17. The molecule has 0 radical (unpaired) electrons. The Hall–Kier alpha value is -2.48. The lowest BCUT2D eigenvalue weighted by Gasteiger charge is -2.23. The fourth-order valence-corrected chi connectivity index (χ4v) is 2.18. The van der Waals surface area contributed by atoms with Crippen molar-refractivity contribution in [2.45, 2.75) is 32.4 Å². The van der Waals surface area contributed by atoms with Gasteiger partial charge >= 0.3 is 0 Å². The quantitative estimate of drug-likeness (QED) is 0.783. The van der Waals surface area contributed by atoms with E-state index in [-0.39, 0.29) is 12.1 Å². The number of β-amino-alcohol motifs (C(OH)–C–C–N with tert-alkyl or cyclic N) is 1. The smallest absolute Gasteiger partial charge is 0.135 e. The molecule has 0 bridgehead atoms. The molecule has 2 aromatic rings. The SMILES string of the molecule is COc1ccc(C#Cc2ccccc2OCC(O)CNC(C)(C)C)cc1. The van der Waals surface area contributed by atoms with Crippen molar-refractivity contribution in [3.05, 3.63) is 59.7 Å². The first-order valence-corrected chi connectivity index (χ1v) is 8.68. The molecule has 0 spiro atoms. The number of aliphatic hydroxyl groups excluding tert-OH is 1. The Bertz CT molecular complexity index is 751. The molecule has 0 heterocycles. The van der Waals surface area contributed by atoms with Crippen molar-refractivity contribution in [1.29, 1.82) is 0 Å². The van der Waals surface area contributed by atoms with Crippen molar-refractivity contribution in [3.63, 3.8) is 0 Å². The summed E-state index contributed by atoms with van der Waals surface area (Å²) in [6.07, 6.45) is -0.586. The van der Waals surface area contributed by atoms with Crippen LogP contribution in [0, 0.1) is 11.8 Å². The van der Waals surface area contributed by atoms with Gasteiger partial charge < -0.3 is 19.9 Å². The Morgan fingerprint density at radius 1 is 1.04 bits per heavy atom. The lowest BCUT2D eigenvalue weighted by atomic mass is 10.1. The summed E-state index contributed by atoms with van der Waals surface area (Å²) in [6, 6.07) is 15.2. The largest absolute Gasteiger partial charge is 0.497 e. The molecular weight excluding hydrogens is 326 g/mol. The average molecular weight is 353 g/mol. The molecule has 0 saturated carbocycles. The van der Waals surface area contributed by atoms with Crippen molar-refractivity contribution >= 4 is 0 Å². The maximum absolute atomic E-state index is 10.1. The second kappa shape index (κ2) is 9.28. The van der Waals surface area contributed by atoms with E-state index in [1.807, 2.05) is 48.5 Å². The normalized spacial score (nSPS) is 12.0. The Balaban J connectivity index is 2.00. The fourth-order valence-electron chi connectivity index (χ4n) is 2.18. The van der Waals surface area contributed by atoms with Crippen molar-refractivity contribution in [2.75, 3.05) is 20.3 Å². The zero-order chi connectivity index (χ0) is 19.0. The second-order valence-corrected chi connectivity index (χ2v) is 7.07. The third kappa shape index (κ3) is 6.79. The van der Waals surface area contributed by atoms with Gasteiger partial charge in [-0.25, -0.2) is 0 Å². The highest BCUT2D eigenvalue weighted by molar-refractivity contribution is 5.50. The molecule has 2 rings (SSSR count). The Morgan fingerprint density at radius 2 is 1.73 bits per heavy atom. The monoisotopic (exact) mass is 353 g/mol. The van der Waals surface area contributed by atoms with Gasteiger partial charge in [-0.1, -0.05) is 24.0 Å². The van der Waals surface area contributed by atoms with E-state index in [0.717, 1.165) is 16.9 Å². The van der Waals surface area contributed by atoms with E-state index in [1.54, 1.807) is 7.11 Å². The summed E-state index contributed by atoms with van der Waals surface area (Å²) in [5.74, 6) is 7.73. The minimum Gasteiger partial charge on any atom is -0.497 e. The molecule has 0 aliphatic rings. The number of rotatable bonds is 6. The van der Waals surface area contributed by atoms with Gasteiger partial charge in [0, 0.05) is 17.6 Å². The first kappa shape index (κ1) is 19.8. The van der Waals surface area contributed by atoms with E-state index in [1.165, 1.54) is 0 Å². The summed E-state index contributed by atoms with van der Waals surface area (Å²) in [5, 5.41) is 13.3. The van der Waals surface area contributed by atoms with Crippen LogP contribution in [0.3, 0.4) is 0 Å². The minimum atomic E-state index is -0.586. The van der Waals surface area contributed by atoms with Crippen molar-refractivity contribution in [2.24, 2.45) is 0 Å². The lowest BCUT2D eigenvalue weighted by molar-refractivity contribution is 0.0999. The number of para-hydroxylation sites is 1. The van der Waals surface area contributed by atoms with Gasteiger partial charge in [0.05, 0.1) is 12.7 Å². The van der Waals surface area contributed by atoms with E-state index >= 15 is 0 Å². The minimum absolute atomic E-state index is 0.0390. The number of hydrogen-bond donors (Lipinski definition) is 2. The van der Waals surface area contributed by atoms with Gasteiger partial charge in [-0.3, -0.25) is 0 Å². The van der Waals surface area contributed by atoms with Crippen LogP contribution in [0.25, 0.3) is 0 Å². The van der Waals surface area contributed by atoms with Gasteiger partial charge in [-0.15, -0.1) is 0 Å². The van der Waals surface area contributed by atoms with Crippen LogP contribution in [0.4, 0.5) is 0 Å². The second-order valence-electron chi connectivity index (χ2n) is 7.07. The molecule has 0 aliphatic heterocycles. The van der Waals surface area contributed by atoms with Crippen LogP contribution in [0.15, 0.2) is 48.5 Å². The molecule has 0 fully saturated rings. The van der Waals surface area contributed by atoms with Gasteiger partial charge in [0.2, 0.25) is 0 Å². The summed E-state index contributed by atoms with van der Waals surface area (Å²) >= 11 is 0. The summed E-state index contributed by atoms with van der Waals surface area (Å²) in [4.78, 5) is 0. The third-order valence-electron chi connectivity index (χ3n) is 3.62. The number of benzene rings is 2. The van der Waals surface area contributed by atoms with E-state index in [4.69, 9.17) is 9.47 Å². The predicted octanol–water partition coefficient (Wildman–Crippen LogP) is 3.22. The van der Waals surface area contributed by atoms with Gasteiger partial charge in [-0.05, 0) is 57.2 Å². The number of nitrogens with one attached hydrogen (secondary N) is 1. The van der Waals surface area contributed by atoms with Gasteiger partial charge in [-0.2, -0.15) is 0 Å². The molecule has 2 aromatic carbocycles. The Morgan fingerprint density at radius 3 is 2.38 bits per heavy atom. The highest BCUT2D eigenvalue weighted by atomic mass is 16.5. The lowest BCUT2D eigenvalue weighted by Crippen LogP contribution is -2.42. The zero-order valence-corrected chi connectivity index (χ0v) is 15.9. The number of aliphatic hydroxyl groups is 1. The maximum Gasteiger partial charge on any atom is 0.135 e. The first-order valence-electron chi connectivity index (χ1n) is 8.68. The molecule has 4 heteroatoms. The molecule has 2 N–H and O–H groups in total. The summed E-state index contributed by atoms with van der Waals surface area (Å²) in [5.41, 5.74) is 1.65. The summed E-state index contributed by atoms with van der Waals surface area (Å²) in [6.45, 7) is 6.87. The first-order chi connectivity index (χ1) is 12.4. The molecule has 26 heavy (non-hydrogen) atoms. The molecule has 138 valence electrons. The van der Waals surface area contributed by atoms with E-state index in [0.29, 0.717) is 12.3 Å². The number of hydrogen-bond acceptors (Lipinski definition) is 4. The molecule has 4 nitrogen and oxygen atoms in total. The van der Waals surface area contributed by atoms with Crippen LogP contribution in [-0.2, 0) is 0 Å². The van der Waals surface area contributed by atoms with Crippen LogP contribution < -0.4 is 14.8 Å². The summed E-state index contributed by atoms with van der Waals surface area (Å²) in [7, 11) is 1.64. The number of ether oxygens (including phenoxy) is 2. The van der Waals surface area contributed by atoms with E-state index in [2.05, 4.69) is 37.9 Å². The van der Waals surface area contributed by atoms with Crippen LogP contribution in [-0.4, -0.2) is 37.0 Å². The molecule has 1 atom stereocenters. The van der Waals surface area contributed by atoms with Crippen molar-refractivity contribution < 1.29 is 14.6 Å². The van der Waals surface area contributed by atoms with Crippen LogP contribution in [0.1, 0.15) is 31.9 Å². The molecule has 1 unspecified atom stereocenters. The maximum atomic E-state index is 10.1. The van der Waals surface area contributed by atoms with Gasteiger partial charge in [0.1, 0.15) is 24.2 Å². The third-order valence-corrected chi connectivity index (χ3v) is 3.62. The van der Waals surface area contributed by atoms with E-state index < -0.39 is 6.10 Å².